The van der Waals surface area contributed by atoms with Crippen LogP contribution in [0.4, 0.5) is 0 Å². The van der Waals surface area contributed by atoms with Crippen molar-refractivity contribution in [3.05, 3.63) is 0 Å². The molecule has 10 heavy (non-hydrogen) atoms. The third-order valence-corrected chi connectivity index (χ3v) is 0. The Morgan fingerprint density at radius 2 is 0.700 bits per heavy atom. The lowest BCUT2D eigenvalue weighted by atomic mass is 10.4. The summed E-state index contributed by atoms with van der Waals surface area (Å²) in [6.07, 6.45) is 0. The largest absolute Gasteiger partial charge is 0.328 e. The number of rotatable bonds is 0. The van der Waals surface area contributed by atoms with Crippen molar-refractivity contribution in [2.45, 2.75) is 53.6 Å². The molecule has 0 heterocycles. The predicted molar refractivity (Wildman–Crippen MR) is 50.0 cm³/mol. The van der Waals surface area contributed by atoms with Gasteiger partial charge in [0, 0.05) is 0 Å². The van der Waals surface area contributed by atoms with Crippen molar-refractivity contribution in [3.63, 3.8) is 0 Å². The molecule has 0 aromatic carbocycles. The summed E-state index contributed by atoms with van der Waals surface area (Å²) in [6, 6.07) is 0.667. The second-order valence-electron chi connectivity index (χ2n) is 2.49. The summed E-state index contributed by atoms with van der Waals surface area (Å²) in [4.78, 5) is 0. The molecule has 0 aliphatic rings. The first-order chi connectivity index (χ1) is 4.46. The van der Waals surface area contributed by atoms with Gasteiger partial charge < -0.3 is 11.5 Å². The SMILES string of the molecule is CC.CC(C)N.CC(C)N. The van der Waals surface area contributed by atoms with E-state index >= 15 is 0 Å². The Kier molecular flexibility index (Phi) is 26.3. The molecule has 0 aromatic rings. The highest BCUT2D eigenvalue weighted by molar-refractivity contribution is 4.32. The summed E-state index contributed by atoms with van der Waals surface area (Å²) >= 11 is 0. The summed E-state index contributed by atoms with van der Waals surface area (Å²) in [6.45, 7) is 11.8. The van der Waals surface area contributed by atoms with Crippen LogP contribution in [0.1, 0.15) is 41.5 Å². The Bertz CT molecular complexity index is 22.7. The number of hydrogen-bond donors (Lipinski definition) is 2. The molecule has 0 aromatic heterocycles. The monoisotopic (exact) mass is 148 g/mol. The molecule has 0 bridgehead atoms. The van der Waals surface area contributed by atoms with E-state index < -0.39 is 0 Å². The van der Waals surface area contributed by atoms with E-state index in [0.717, 1.165) is 0 Å². The second kappa shape index (κ2) is 16.0. The Balaban J connectivity index is -0.0000000787. The molecule has 0 aliphatic carbocycles. The zero-order valence-corrected chi connectivity index (χ0v) is 8.31. The minimum atomic E-state index is 0.333. The molecule has 0 atom stereocenters. The molecular formula is C8H24N2. The highest BCUT2D eigenvalue weighted by Crippen LogP contribution is 1.58. The van der Waals surface area contributed by atoms with Crippen LogP contribution < -0.4 is 11.5 Å². The van der Waals surface area contributed by atoms with Crippen molar-refractivity contribution in [3.8, 4) is 0 Å². The fourth-order valence-corrected chi connectivity index (χ4v) is 0. The predicted octanol–water partition coefficient (Wildman–Crippen LogP) is 1.73. The molecule has 0 amide bonds. The highest BCUT2D eigenvalue weighted by Gasteiger charge is 1.67. The maximum absolute atomic E-state index is 5.11. The molecule has 0 aliphatic heterocycles. The molecule has 0 radical (unpaired) electrons. The molecule has 2 heteroatoms. The van der Waals surface area contributed by atoms with Gasteiger partial charge in [0.1, 0.15) is 0 Å². The van der Waals surface area contributed by atoms with Crippen LogP contribution in [-0.4, -0.2) is 12.1 Å². The van der Waals surface area contributed by atoms with Crippen LogP contribution in [0.3, 0.4) is 0 Å². The zero-order chi connectivity index (χ0) is 9.15. The van der Waals surface area contributed by atoms with E-state index in [4.69, 9.17) is 11.5 Å². The Morgan fingerprint density at radius 3 is 0.700 bits per heavy atom. The van der Waals surface area contributed by atoms with Crippen molar-refractivity contribution in [1.29, 1.82) is 0 Å². The topological polar surface area (TPSA) is 52.0 Å². The van der Waals surface area contributed by atoms with Gasteiger partial charge in [-0.3, -0.25) is 0 Å². The van der Waals surface area contributed by atoms with E-state index in [1.165, 1.54) is 0 Å². The van der Waals surface area contributed by atoms with E-state index in [1.807, 2.05) is 41.5 Å². The number of nitrogens with two attached hydrogens (primary N) is 2. The van der Waals surface area contributed by atoms with Gasteiger partial charge in [-0.15, -0.1) is 0 Å². The van der Waals surface area contributed by atoms with Gasteiger partial charge in [0.05, 0.1) is 0 Å². The van der Waals surface area contributed by atoms with Gasteiger partial charge in [0.15, 0.2) is 0 Å². The maximum Gasteiger partial charge on any atom is -0.00179 e. The van der Waals surface area contributed by atoms with Gasteiger partial charge in [-0.2, -0.15) is 0 Å². The van der Waals surface area contributed by atoms with Crippen LogP contribution in [0.15, 0.2) is 0 Å². The summed E-state index contributed by atoms with van der Waals surface area (Å²) in [5.74, 6) is 0. The smallest absolute Gasteiger partial charge is 0.00179 e. The van der Waals surface area contributed by atoms with Crippen molar-refractivity contribution < 1.29 is 0 Å². The van der Waals surface area contributed by atoms with Gasteiger partial charge in [-0.05, 0) is 12.1 Å². The average Bonchev–Trinajstić information content (AvgIpc) is 1.66. The average molecular weight is 148 g/mol. The van der Waals surface area contributed by atoms with Crippen LogP contribution in [0.5, 0.6) is 0 Å². The first-order valence-corrected chi connectivity index (χ1v) is 3.98. The third-order valence-electron chi connectivity index (χ3n) is 0. The summed E-state index contributed by atoms with van der Waals surface area (Å²) in [5.41, 5.74) is 10.2. The first-order valence-electron chi connectivity index (χ1n) is 3.98. The summed E-state index contributed by atoms with van der Waals surface area (Å²) in [7, 11) is 0. The van der Waals surface area contributed by atoms with Gasteiger partial charge in [0.25, 0.3) is 0 Å². The van der Waals surface area contributed by atoms with Crippen molar-refractivity contribution in [2.24, 2.45) is 11.5 Å². The van der Waals surface area contributed by atoms with E-state index in [1.54, 1.807) is 0 Å². The zero-order valence-electron chi connectivity index (χ0n) is 8.31. The molecule has 0 saturated carbocycles. The summed E-state index contributed by atoms with van der Waals surface area (Å²) < 4.78 is 0. The lowest BCUT2D eigenvalue weighted by Gasteiger charge is -1.81. The Labute approximate surface area is 66.0 Å². The van der Waals surface area contributed by atoms with Crippen LogP contribution in [0.25, 0.3) is 0 Å². The molecule has 0 rings (SSSR count). The van der Waals surface area contributed by atoms with E-state index in [0.29, 0.717) is 12.1 Å². The molecule has 4 N–H and O–H groups in total. The lowest BCUT2D eigenvalue weighted by molar-refractivity contribution is 0.834. The van der Waals surface area contributed by atoms with Crippen molar-refractivity contribution in [1.82, 2.24) is 0 Å². The first kappa shape index (κ1) is 16.5. The maximum atomic E-state index is 5.11. The Hall–Kier alpha value is -0.0800. The van der Waals surface area contributed by atoms with Crippen LogP contribution in [0, 0.1) is 0 Å². The summed E-state index contributed by atoms with van der Waals surface area (Å²) in [5, 5.41) is 0. The van der Waals surface area contributed by atoms with E-state index in [9.17, 15) is 0 Å². The van der Waals surface area contributed by atoms with Crippen molar-refractivity contribution >= 4 is 0 Å². The minimum absolute atomic E-state index is 0.333. The fourth-order valence-electron chi connectivity index (χ4n) is 0. The standard InChI is InChI=1S/2C3H9N.C2H6/c2*1-3(2)4;1-2/h2*3H,4H2,1-2H3;1-2H3. The molecule has 0 unspecified atom stereocenters. The van der Waals surface area contributed by atoms with Gasteiger partial charge in [-0.25, -0.2) is 0 Å². The van der Waals surface area contributed by atoms with Gasteiger partial charge >= 0.3 is 0 Å². The quantitative estimate of drug-likeness (QED) is 0.549. The lowest BCUT2D eigenvalue weighted by Crippen LogP contribution is -2.07. The van der Waals surface area contributed by atoms with Crippen LogP contribution in [0.2, 0.25) is 0 Å². The van der Waals surface area contributed by atoms with Crippen LogP contribution >= 0.6 is 0 Å². The third kappa shape index (κ3) is 59300. The Morgan fingerprint density at radius 1 is 0.700 bits per heavy atom. The van der Waals surface area contributed by atoms with Gasteiger partial charge in [-0.1, -0.05) is 41.5 Å². The molecule has 0 saturated heterocycles. The van der Waals surface area contributed by atoms with E-state index in [2.05, 4.69) is 0 Å². The molecule has 0 fully saturated rings. The number of hydrogen-bond acceptors (Lipinski definition) is 2. The molecule has 2 nitrogen and oxygen atoms in total. The molecule has 0 spiro atoms. The normalized spacial score (nSPS) is 7.80. The van der Waals surface area contributed by atoms with Crippen LogP contribution in [-0.2, 0) is 0 Å². The molecular weight excluding hydrogens is 124 g/mol. The van der Waals surface area contributed by atoms with Crippen molar-refractivity contribution in [2.75, 3.05) is 0 Å². The molecule has 66 valence electrons. The van der Waals surface area contributed by atoms with Gasteiger partial charge in [0.2, 0.25) is 0 Å². The highest BCUT2D eigenvalue weighted by atomic mass is 14.6. The second-order valence-corrected chi connectivity index (χ2v) is 2.49. The van der Waals surface area contributed by atoms with E-state index in [-0.39, 0.29) is 0 Å². The fraction of sp³-hybridized carbons (Fsp3) is 1.00. The minimum Gasteiger partial charge on any atom is -0.328 e.